The van der Waals surface area contributed by atoms with E-state index < -0.39 is 15.1 Å². The van der Waals surface area contributed by atoms with Crippen molar-refractivity contribution in [2.24, 2.45) is 0 Å². The van der Waals surface area contributed by atoms with Crippen molar-refractivity contribution in [2.75, 3.05) is 30.7 Å². The number of likely N-dealkylation sites (tertiary alicyclic amines) is 1. The predicted molar refractivity (Wildman–Crippen MR) is 111 cm³/mol. The number of hydrogen-bond acceptors (Lipinski definition) is 5. The minimum atomic E-state index is -3.33. The Labute approximate surface area is 172 Å². The van der Waals surface area contributed by atoms with Crippen molar-refractivity contribution in [3.8, 4) is 0 Å². The van der Waals surface area contributed by atoms with Crippen molar-refractivity contribution in [1.29, 1.82) is 0 Å². The molecule has 0 bridgehead atoms. The predicted octanol–water partition coefficient (Wildman–Crippen LogP) is 1.66. The molecule has 2 amide bonds. The van der Waals surface area contributed by atoms with E-state index in [1.54, 1.807) is 4.90 Å². The van der Waals surface area contributed by atoms with Gasteiger partial charge >= 0.3 is 0 Å². The Balaban J connectivity index is 1.44. The first-order chi connectivity index (χ1) is 14.0. The zero-order valence-corrected chi connectivity index (χ0v) is 17.4. The number of carbonyl (C=O) groups is 2. The molecule has 1 aromatic rings. The van der Waals surface area contributed by atoms with Gasteiger partial charge in [-0.25, -0.2) is 8.42 Å². The van der Waals surface area contributed by atoms with E-state index in [-0.39, 0.29) is 29.5 Å². The summed E-state index contributed by atoms with van der Waals surface area (Å²) in [6, 6.07) is 7.68. The maximum atomic E-state index is 13.0. The van der Waals surface area contributed by atoms with Gasteiger partial charge in [-0.1, -0.05) is 31.0 Å². The highest BCUT2D eigenvalue weighted by molar-refractivity contribution is 7.93. The van der Waals surface area contributed by atoms with Gasteiger partial charge in [-0.05, 0) is 37.3 Å². The minimum absolute atomic E-state index is 0.0334. The van der Waals surface area contributed by atoms with E-state index >= 15 is 0 Å². The Morgan fingerprint density at radius 2 is 1.90 bits per heavy atom. The molecule has 1 aromatic carbocycles. The second kappa shape index (κ2) is 8.34. The monoisotopic (exact) mass is 419 g/mol. The van der Waals surface area contributed by atoms with Gasteiger partial charge in [-0.15, -0.1) is 0 Å². The fourth-order valence-electron chi connectivity index (χ4n) is 4.73. The lowest BCUT2D eigenvalue weighted by Gasteiger charge is -2.32. The van der Waals surface area contributed by atoms with Crippen molar-refractivity contribution in [3.63, 3.8) is 0 Å². The second-order valence-corrected chi connectivity index (χ2v) is 10.7. The molecular formula is C21H29N3O4S. The van der Waals surface area contributed by atoms with Gasteiger partial charge in [0.1, 0.15) is 5.25 Å². The van der Waals surface area contributed by atoms with Crippen molar-refractivity contribution >= 4 is 27.3 Å². The third kappa shape index (κ3) is 4.27. The Morgan fingerprint density at radius 3 is 2.69 bits per heavy atom. The maximum Gasteiger partial charge on any atom is 0.240 e. The average Bonchev–Trinajstić information content (AvgIpc) is 3.26. The Bertz CT molecular complexity index is 886. The molecule has 0 saturated carbocycles. The molecule has 29 heavy (non-hydrogen) atoms. The molecule has 2 saturated heterocycles. The molecule has 2 fully saturated rings. The SMILES string of the molecule is O=C(NC1CCCCCN(C(=O)C2CCCS2(=O)=O)C1)C1CNc2ccccc21. The number of nitrogens with zero attached hydrogens (tertiary/aromatic N) is 1. The van der Waals surface area contributed by atoms with Crippen LogP contribution in [0.5, 0.6) is 0 Å². The summed E-state index contributed by atoms with van der Waals surface area (Å²) < 4.78 is 24.5. The summed E-state index contributed by atoms with van der Waals surface area (Å²) in [6.45, 7) is 1.52. The smallest absolute Gasteiger partial charge is 0.240 e. The summed E-state index contributed by atoms with van der Waals surface area (Å²) in [6.07, 6.45) is 4.61. The van der Waals surface area contributed by atoms with Crippen molar-refractivity contribution in [1.82, 2.24) is 10.2 Å². The highest BCUT2D eigenvalue weighted by atomic mass is 32.2. The number of anilines is 1. The molecule has 3 atom stereocenters. The van der Waals surface area contributed by atoms with Gasteiger partial charge in [0.15, 0.2) is 9.84 Å². The molecule has 0 radical (unpaired) electrons. The summed E-state index contributed by atoms with van der Waals surface area (Å²) in [7, 11) is -3.33. The number of nitrogens with one attached hydrogen (secondary N) is 2. The standard InChI is InChI=1S/C21H29N3O4S/c25-20(17-13-22-18-9-4-3-8-16(17)18)23-15-7-2-1-5-11-24(14-15)21(26)19-10-6-12-29(19,27)28/h3-4,8-9,15,17,19,22H,1-2,5-7,10-14H2,(H,23,25). The van der Waals surface area contributed by atoms with E-state index in [0.717, 1.165) is 36.9 Å². The topological polar surface area (TPSA) is 95.6 Å². The van der Waals surface area contributed by atoms with Crippen LogP contribution in [0.4, 0.5) is 5.69 Å². The van der Waals surface area contributed by atoms with Crippen LogP contribution in [0.15, 0.2) is 24.3 Å². The highest BCUT2D eigenvalue weighted by Gasteiger charge is 2.40. The summed E-state index contributed by atoms with van der Waals surface area (Å²) in [5.74, 6) is -0.452. The first kappa shape index (κ1) is 20.2. The first-order valence-corrected chi connectivity index (χ1v) is 12.3. The van der Waals surface area contributed by atoms with Crippen LogP contribution in [-0.4, -0.2) is 61.8 Å². The molecule has 0 aliphatic carbocycles. The van der Waals surface area contributed by atoms with Gasteiger partial charge in [-0.2, -0.15) is 0 Å². The molecule has 3 heterocycles. The summed E-state index contributed by atoms with van der Waals surface area (Å²) in [4.78, 5) is 27.6. The molecular weight excluding hydrogens is 390 g/mol. The second-order valence-electron chi connectivity index (χ2n) is 8.36. The zero-order chi connectivity index (χ0) is 20.4. The lowest BCUT2D eigenvalue weighted by Crippen LogP contribution is -2.51. The first-order valence-electron chi connectivity index (χ1n) is 10.6. The molecule has 2 N–H and O–H groups in total. The number of hydrogen-bond donors (Lipinski definition) is 2. The number of sulfone groups is 1. The number of amides is 2. The van der Waals surface area contributed by atoms with Crippen molar-refractivity contribution in [2.45, 2.75) is 55.7 Å². The summed E-state index contributed by atoms with van der Waals surface area (Å²) >= 11 is 0. The van der Waals surface area contributed by atoms with E-state index in [9.17, 15) is 18.0 Å². The highest BCUT2D eigenvalue weighted by Crippen LogP contribution is 2.31. The minimum Gasteiger partial charge on any atom is -0.384 e. The number of para-hydroxylation sites is 1. The normalized spacial score (nSPS) is 28.7. The fraction of sp³-hybridized carbons (Fsp3) is 0.619. The zero-order valence-electron chi connectivity index (χ0n) is 16.6. The van der Waals surface area contributed by atoms with E-state index in [1.807, 2.05) is 24.3 Å². The third-order valence-corrected chi connectivity index (χ3v) is 8.49. The number of rotatable bonds is 3. The third-order valence-electron chi connectivity index (χ3n) is 6.33. The van der Waals surface area contributed by atoms with Crippen LogP contribution in [0.25, 0.3) is 0 Å². The van der Waals surface area contributed by atoms with Gasteiger partial charge in [0.25, 0.3) is 0 Å². The number of benzene rings is 1. The molecule has 8 heteroatoms. The quantitative estimate of drug-likeness (QED) is 0.777. The van der Waals surface area contributed by atoms with Gasteiger partial charge in [0.2, 0.25) is 11.8 Å². The molecule has 3 aliphatic rings. The maximum absolute atomic E-state index is 13.0. The average molecular weight is 420 g/mol. The van der Waals surface area contributed by atoms with Gasteiger partial charge < -0.3 is 15.5 Å². The summed E-state index contributed by atoms with van der Waals surface area (Å²) in [5.41, 5.74) is 1.99. The van der Waals surface area contributed by atoms with Crippen LogP contribution in [0.2, 0.25) is 0 Å². The molecule has 158 valence electrons. The van der Waals surface area contributed by atoms with Crippen LogP contribution < -0.4 is 10.6 Å². The molecule has 7 nitrogen and oxygen atoms in total. The van der Waals surface area contributed by atoms with Gasteiger partial charge in [0.05, 0.1) is 11.7 Å². The Kier molecular flexibility index (Phi) is 5.81. The number of carbonyl (C=O) groups excluding carboxylic acids is 2. The number of fused-ring (bicyclic) bond motifs is 1. The van der Waals surface area contributed by atoms with Crippen LogP contribution in [0.3, 0.4) is 0 Å². The van der Waals surface area contributed by atoms with E-state index in [1.165, 1.54) is 0 Å². The Hall–Kier alpha value is -2.09. The van der Waals surface area contributed by atoms with Crippen molar-refractivity contribution in [3.05, 3.63) is 29.8 Å². The fourth-order valence-corrected chi connectivity index (χ4v) is 6.56. The largest absolute Gasteiger partial charge is 0.384 e. The van der Waals surface area contributed by atoms with Gasteiger partial charge in [0, 0.05) is 31.4 Å². The lowest BCUT2D eigenvalue weighted by atomic mass is 9.98. The van der Waals surface area contributed by atoms with Crippen LogP contribution in [0, 0.1) is 0 Å². The lowest BCUT2D eigenvalue weighted by molar-refractivity contribution is -0.132. The van der Waals surface area contributed by atoms with Crippen LogP contribution in [0.1, 0.15) is 50.0 Å². The molecule has 3 unspecified atom stereocenters. The molecule has 3 aliphatic heterocycles. The molecule has 0 spiro atoms. The van der Waals surface area contributed by atoms with E-state index in [2.05, 4.69) is 10.6 Å². The van der Waals surface area contributed by atoms with Crippen molar-refractivity contribution < 1.29 is 18.0 Å². The van der Waals surface area contributed by atoms with Gasteiger partial charge in [-0.3, -0.25) is 9.59 Å². The summed E-state index contributed by atoms with van der Waals surface area (Å²) in [5, 5.41) is 5.52. The van der Waals surface area contributed by atoms with Crippen LogP contribution in [-0.2, 0) is 19.4 Å². The van der Waals surface area contributed by atoms with E-state index in [4.69, 9.17) is 0 Å². The molecule has 4 rings (SSSR count). The van der Waals surface area contributed by atoms with Crippen LogP contribution >= 0.6 is 0 Å². The molecule has 0 aromatic heterocycles. The Morgan fingerprint density at radius 1 is 1.07 bits per heavy atom. The van der Waals surface area contributed by atoms with E-state index in [0.29, 0.717) is 32.5 Å².